The van der Waals surface area contributed by atoms with Crippen LogP contribution in [0.2, 0.25) is 0 Å². The van der Waals surface area contributed by atoms with Gasteiger partial charge in [0.2, 0.25) is 0 Å². The van der Waals surface area contributed by atoms with Crippen molar-refractivity contribution < 1.29 is 9.94 Å². The Kier molecular flexibility index (Phi) is 4.70. The van der Waals surface area contributed by atoms with Crippen molar-refractivity contribution in [2.75, 3.05) is 0 Å². The summed E-state index contributed by atoms with van der Waals surface area (Å²) >= 11 is 0. The van der Waals surface area contributed by atoms with E-state index < -0.39 is 6.10 Å². The van der Waals surface area contributed by atoms with Gasteiger partial charge in [0.05, 0.1) is 5.71 Å². The molecule has 0 heterocycles. The molecule has 2 rings (SSSR count). The number of hydrogen-bond donors (Lipinski definition) is 1. The van der Waals surface area contributed by atoms with E-state index >= 15 is 0 Å². The lowest BCUT2D eigenvalue weighted by molar-refractivity contribution is 0.124. The zero-order valence-electron chi connectivity index (χ0n) is 10.9. The van der Waals surface area contributed by atoms with Gasteiger partial charge in [0.1, 0.15) is 12.7 Å². The van der Waals surface area contributed by atoms with Crippen LogP contribution in [0.3, 0.4) is 0 Å². The Bertz CT molecular complexity index is 523. The molecule has 1 N–H and O–H groups in total. The summed E-state index contributed by atoms with van der Waals surface area (Å²) in [4.78, 5) is 5.25. The number of hydrogen-bond acceptors (Lipinski definition) is 3. The molecule has 0 aliphatic heterocycles. The average Bonchev–Trinajstić information content (AvgIpc) is 2.48. The Balaban J connectivity index is 1.92. The zero-order valence-corrected chi connectivity index (χ0v) is 10.9. The van der Waals surface area contributed by atoms with Crippen LogP contribution in [0.1, 0.15) is 24.2 Å². The number of aliphatic hydroxyl groups is 1. The summed E-state index contributed by atoms with van der Waals surface area (Å²) in [5.74, 6) is 0. The second-order valence-corrected chi connectivity index (χ2v) is 4.30. The van der Waals surface area contributed by atoms with Gasteiger partial charge in [-0.3, -0.25) is 0 Å². The van der Waals surface area contributed by atoms with Crippen LogP contribution in [0.15, 0.2) is 65.8 Å². The molecule has 1 unspecified atom stereocenters. The quantitative estimate of drug-likeness (QED) is 0.658. The first-order chi connectivity index (χ1) is 9.27. The molecule has 98 valence electrons. The van der Waals surface area contributed by atoms with Gasteiger partial charge in [0.15, 0.2) is 0 Å². The molecule has 0 saturated carbocycles. The molecule has 0 aliphatic rings. The number of benzene rings is 2. The maximum Gasteiger partial charge on any atom is 0.142 e. The van der Waals surface area contributed by atoms with Crippen LogP contribution >= 0.6 is 0 Å². The summed E-state index contributed by atoms with van der Waals surface area (Å²) in [5, 5.41) is 14.0. The molecule has 2 aromatic rings. The number of oxime groups is 1. The fourth-order valence-electron chi connectivity index (χ4n) is 1.71. The van der Waals surface area contributed by atoms with Crippen LogP contribution in [0.4, 0.5) is 0 Å². The summed E-state index contributed by atoms with van der Waals surface area (Å²) in [5.41, 5.74) is 2.41. The van der Waals surface area contributed by atoms with Gasteiger partial charge in [-0.1, -0.05) is 65.8 Å². The maximum atomic E-state index is 10.1. The molecule has 0 bridgehead atoms. The average molecular weight is 255 g/mol. The summed E-state index contributed by atoms with van der Waals surface area (Å²) < 4.78 is 0. The van der Waals surface area contributed by atoms with Crippen molar-refractivity contribution in [3.8, 4) is 0 Å². The van der Waals surface area contributed by atoms with E-state index in [4.69, 9.17) is 4.84 Å². The highest BCUT2D eigenvalue weighted by atomic mass is 16.6. The van der Waals surface area contributed by atoms with E-state index in [2.05, 4.69) is 5.16 Å². The minimum Gasteiger partial charge on any atom is -0.391 e. The molecule has 0 spiro atoms. The summed E-state index contributed by atoms with van der Waals surface area (Å²) in [6, 6.07) is 19.2. The van der Waals surface area contributed by atoms with Gasteiger partial charge in [-0.05, 0) is 18.1 Å². The smallest absolute Gasteiger partial charge is 0.142 e. The molecule has 2 aromatic carbocycles. The lowest BCUT2D eigenvalue weighted by atomic mass is 10.1. The number of rotatable bonds is 5. The summed E-state index contributed by atoms with van der Waals surface area (Å²) in [6.07, 6.45) is -0.725. The van der Waals surface area contributed by atoms with Crippen molar-refractivity contribution in [3.05, 3.63) is 71.8 Å². The van der Waals surface area contributed by atoms with E-state index in [-0.39, 0.29) is 0 Å². The van der Waals surface area contributed by atoms with E-state index in [1.54, 1.807) is 6.92 Å². The van der Waals surface area contributed by atoms with Crippen molar-refractivity contribution in [1.82, 2.24) is 0 Å². The molecular weight excluding hydrogens is 238 g/mol. The lowest BCUT2D eigenvalue weighted by Crippen LogP contribution is -2.08. The standard InChI is InChI=1S/C16H17NO2/c1-13(16(18)15-10-6-3-7-11-15)17-19-12-14-8-4-2-5-9-14/h2-11,16,18H,12H2,1H3/b17-13+. The van der Waals surface area contributed by atoms with Crippen molar-refractivity contribution in [3.63, 3.8) is 0 Å². The molecule has 0 saturated heterocycles. The van der Waals surface area contributed by atoms with Crippen molar-refractivity contribution >= 4 is 5.71 Å². The zero-order chi connectivity index (χ0) is 13.5. The maximum absolute atomic E-state index is 10.1. The van der Waals surface area contributed by atoms with Crippen LogP contribution < -0.4 is 0 Å². The molecule has 3 nitrogen and oxygen atoms in total. The van der Waals surface area contributed by atoms with Crippen LogP contribution in [0, 0.1) is 0 Å². The van der Waals surface area contributed by atoms with Crippen molar-refractivity contribution in [2.45, 2.75) is 19.6 Å². The molecule has 1 atom stereocenters. The highest BCUT2D eigenvalue weighted by Gasteiger charge is 2.10. The molecule has 0 radical (unpaired) electrons. The van der Waals surface area contributed by atoms with Gasteiger partial charge < -0.3 is 9.94 Å². The van der Waals surface area contributed by atoms with Gasteiger partial charge in [-0.15, -0.1) is 0 Å². The molecule has 0 amide bonds. The Morgan fingerprint density at radius 1 is 1.05 bits per heavy atom. The monoisotopic (exact) mass is 255 g/mol. The molecule has 0 aromatic heterocycles. The molecule has 19 heavy (non-hydrogen) atoms. The largest absolute Gasteiger partial charge is 0.391 e. The van der Waals surface area contributed by atoms with E-state index in [0.29, 0.717) is 12.3 Å². The lowest BCUT2D eigenvalue weighted by Gasteiger charge is -2.10. The van der Waals surface area contributed by atoms with Crippen LogP contribution in [-0.2, 0) is 11.4 Å². The predicted octanol–water partition coefficient (Wildman–Crippen LogP) is 3.31. The van der Waals surface area contributed by atoms with Gasteiger partial charge >= 0.3 is 0 Å². The van der Waals surface area contributed by atoms with Crippen LogP contribution in [0.5, 0.6) is 0 Å². The third kappa shape index (κ3) is 3.93. The van der Waals surface area contributed by atoms with Gasteiger partial charge in [0.25, 0.3) is 0 Å². The third-order valence-corrected chi connectivity index (χ3v) is 2.79. The minimum absolute atomic E-state index is 0.402. The SMILES string of the molecule is C/C(=N\OCc1ccccc1)C(O)c1ccccc1. The molecule has 0 fully saturated rings. The summed E-state index contributed by atoms with van der Waals surface area (Å²) in [6.45, 7) is 2.16. The first-order valence-electron chi connectivity index (χ1n) is 6.21. The van der Waals surface area contributed by atoms with Crippen LogP contribution in [-0.4, -0.2) is 10.8 Å². The van der Waals surface area contributed by atoms with Gasteiger partial charge in [0, 0.05) is 0 Å². The summed E-state index contributed by atoms with van der Waals surface area (Å²) in [7, 11) is 0. The Morgan fingerprint density at radius 2 is 1.63 bits per heavy atom. The second kappa shape index (κ2) is 6.71. The molecular formula is C16H17NO2. The van der Waals surface area contributed by atoms with E-state index in [9.17, 15) is 5.11 Å². The normalized spacial score (nSPS) is 13.1. The highest BCUT2D eigenvalue weighted by Crippen LogP contribution is 2.14. The first-order valence-corrected chi connectivity index (χ1v) is 6.21. The van der Waals surface area contributed by atoms with E-state index in [1.165, 1.54) is 0 Å². The topological polar surface area (TPSA) is 41.8 Å². The third-order valence-electron chi connectivity index (χ3n) is 2.79. The van der Waals surface area contributed by atoms with Crippen molar-refractivity contribution in [1.29, 1.82) is 0 Å². The van der Waals surface area contributed by atoms with E-state index in [1.807, 2.05) is 60.7 Å². The Labute approximate surface area is 113 Å². The first kappa shape index (κ1) is 13.3. The predicted molar refractivity (Wildman–Crippen MR) is 75.7 cm³/mol. The number of aliphatic hydroxyl groups excluding tert-OH is 1. The molecule has 3 heteroatoms. The fraction of sp³-hybridized carbons (Fsp3) is 0.188. The Hall–Kier alpha value is -2.13. The van der Waals surface area contributed by atoms with Crippen LogP contribution in [0.25, 0.3) is 0 Å². The van der Waals surface area contributed by atoms with Gasteiger partial charge in [-0.25, -0.2) is 0 Å². The molecule has 0 aliphatic carbocycles. The fourth-order valence-corrected chi connectivity index (χ4v) is 1.71. The second-order valence-electron chi connectivity index (χ2n) is 4.30. The Morgan fingerprint density at radius 3 is 2.26 bits per heavy atom. The van der Waals surface area contributed by atoms with E-state index in [0.717, 1.165) is 11.1 Å². The highest BCUT2D eigenvalue weighted by molar-refractivity contribution is 5.86. The number of nitrogens with zero attached hydrogens (tertiary/aromatic N) is 1. The minimum atomic E-state index is -0.725. The van der Waals surface area contributed by atoms with Crippen molar-refractivity contribution in [2.24, 2.45) is 5.16 Å². The van der Waals surface area contributed by atoms with Gasteiger partial charge in [-0.2, -0.15) is 0 Å².